The second-order valence-electron chi connectivity index (χ2n) is 11.6. The molecule has 1 saturated heterocycles. The largest absolute Gasteiger partial charge is 0.481 e. The number of nitrogens with one attached hydrogen (secondary N) is 1. The molecule has 4 aliphatic carbocycles. The average molecular weight is 520 g/mol. The highest BCUT2D eigenvalue weighted by atomic mass is 19.4. The van der Waals surface area contributed by atoms with Crippen LogP contribution in [-0.4, -0.2) is 69.5 Å². The van der Waals surface area contributed by atoms with Crippen molar-refractivity contribution in [3.05, 3.63) is 18.0 Å². The minimum Gasteiger partial charge on any atom is -0.481 e. The summed E-state index contributed by atoms with van der Waals surface area (Å²) in [5.41, 5.74) is -2.21. The quantitative estimate of drug-likeness (QED) is 0.346. The van der Waals surface area contributed by atoms with Crippen molar-refractivity contribution in [3.63, 3.8) is 0 Å². The first-order valence-electron chi connectivity index (χ1n) is 12.8. The molecule has 1 aromatic rings. The van der Waals surface area contributed by atoms with Gasteiger partial charge in [0.15, 0.2) is 0 Å². The Kier molecular flexibility index (Phi) is 6.33. The van der Waals surface area contributed by atoms with Gasteiger partial charge in [0, 0.05) is 38.4 Å². The van der Waals surface area contributed by atoms with Gasteiger partial charge in [-0.2, -0.15) is 23.4 Å². The number of hydrogen-bond donors (Lipinski definition) is 2. The van der Waals surface area contributed by atoms with Crippen molar-refractivity contribution >= 4 is 17.8 Å². The first-order chi connectivity index (χ1) is 17.4. The molecule has 0 radical (unpaired) electrons. The van der Waals surface area contributed by atoms with Crippen molar-refractivity contribution in [1.82, 2.24) is 20.2 Å². The number of carbonyl (C=O) groups is 1. The number of nitriles is 1. The molecule has 2 N–H and O–H groups in total. The third kappa shape index (κ3) is 4.62. The van der Waals surface area contributed by atoms with Crippen LogP contribution >= 0.6 is 0 Å². The Hall–Kier alpha value is -2.94. The van der Waals surface area contributed by atoms with Crippen LogP contribution in [-0.2, 0) is 11.0 Å². The van der Waals surface area contributed by atoms with Gasteiger partial charge < -0.3 is 15.3 Å². The summed E-state index contributed by atoms with van der Waals surface area (Å²) in [5, 5.41) is 23.0. The van der Waals surface area contributed by atoms with Gasteiger partial charge in [-0.15, -0.1) is 0 Å². The molecule has 5 aliphatic rings. The molecule has 6 rings (SSSR count). The highest BCUT2D eigenvalue weighted by Gasteiger charge is 2.59. The lowest BCUT2D eigenvalue weighted by Crippen LogP contribution is -2.66. The Labute approximate surface area is 213 Å². The Morgan fingerprint density at radius 2 is 1.84 bits per heavy atom. The molecule has 5 fully saturated rings. The van der Waals surface area contributed by atoms with Gasteiger partial charge in [0.25, 0.3) is 0 Å². The molecule has 0 amide bonds. The summed E-state index contributed by atoms with van der Waals surface area (Å²) >= 11 is 0. The number of aliphatic carboxylic acids is 1. The predicted octanol–water partition coefficient (Wildman–Crippen LogP) is 3.14. The fourth-order valence-corrected chi connectivity index (χ4v) is 7.35. The van der Waals surface area contributed by atoms with Crippen molar-refractivity contribution in [3.8, 4) is 6.19 Å². The van der Waals surface area contributed by atoms with E-state index < -0.39 is 28.8 Å². The predicted molar refractivity (Wildman–Crippen MR) is 128 cm³/mol. The van der Waals surface area contributed by atoms with Gasteiger partial charge in [-0.05, 0) is 69.8 Å². The topological polar surface area (TPSA) is 118 Å². The standard InChI is InChI=1S/C25H32F3N7O2/c1-23(2,35-7-5-34(6-8-35)22-30-4-3-18(32-22)25(26,27)28)20(31-14-29)33-19-16-9-15-10-17(19)13-24(11-15,12-16)21(36)37/h3-4,15-17,19H,5-13H2,1-2H3,(H,31,33)(H,36,37). The van der Waals surface area contributed by atoms with E-state index in [1.165, 1.54) is 0 Å². The lowest BCUT2D eigenvalue weighted by Gasteiger charge is -2.59. The molecule has 2 heterocycles. The van der Waals surface area contributed by atoms with Crippen LogP contribution in [0.4, 0.5) is 19.1 Å². The number of aliphatic imine (C=N–C) groups is 1. The molecule has 9 nitrogen and oxygen atoms in total. The third-order valence-corrected chi connectivity index (χ3v) is 9.06. The molecule has 200 valence electrons. The number of halogens is 3. The first-order valence-corrected chi connectivity index (χ1v) is 12.8. The number of rotatable bonds is 5. The van der Waals surface area contributed by atoms with Crippen LogP contribution < -0.4 is 10.2 Å². The molecule has 1 aromatic heterocycles. The summed E-state index contributed by atoms with van der Waals surface area (Å²) in [6.45, 7) is 5.90. The van der Waals surface area contributed by atoms with Crippen molar-refractivity contribution in [2.24, 2.45) is 28.2 Å². The zero-order valence-corrected chi connectivity index (χ0v) is 21.0. The molecular formula is C25H32F3N7O2. The Balaban J connectivity index is 1.27. The van der Waals surface area contributed by atoms with E-state index in [0.29, 0.717) is 50.8 Å². The number of nitrogens with zero attached hydrogens (tertiary/aromatic N) is 6. The number of hydrogen-bond acceptors (Lipinski definition) is 7. The van der Waals surface area contributed by atoms with Crippen LogP contribution in [0, 0.1) is 34.6 Å². The van der Waals surface area contributed by atoms with E-state index in [0.717, 1.165) is 31.5 Å². The van der Waals surface area contributed by atoms with E-state index in [2.05, 4.69) is 25.2 Å². The van der Waals surface area contributed by atoms with Crippen LogP contribution in [0.15, 0.2) is 17.3 Å². The summed E-state index contributed by atoms with van der Waals surface area (Å²) in [5.74, 6) is 0.841. The van der Waals surface area contributed by atoms with Gasteiger partial charge in [0.05, 0.1) is 11.0 Å². The van der Waals surface area contributed by atoms with Crippen LogP contribution in [0.25, 0.3) is 0 Å². The Morgan fingerprint density at radius 3 is 2.41 bits per heavy atom. The molecular weight excluding hydrogens is 487 g/mol. The second-order valence-corrected chi connectivity index (χ2v) is 11.6. The van der Waals surface area contributed by atoms with Crippen LogP contribution in [0.5, 0.6) is 0 Å². The van der Waals surface area contributed by atoms with Crippen molar-refractivity contribution in [1.29, 1.82) is 5.26 Å². The number of anilines is 1. The number of aromatic nitrogens is 2. The highest BCUT2D eigenvalue weighted by molar-refractivity contribution is 5.92. The molecule has 37 heavy (non-hydrogen) atoms. The van der Waals surface area contributed by atoms with Crippen molar-refractivity contribution in [2.45, 2.75) is 63.7 Å². The molecule has 1 aliphatic heterocycles. The number of alkyl halides is 3. The summed E-state index contributed by atoms with van der Waals surface area (Å²) in [6, 6.07) is 0.942. The number of carboxylic acids is 1. The van der Waals surface area contributed by atoms with E-state index in [1.54, 1.807) is 4.90 Å². The molecule has 4 saturated carbocycles. The molecule has 12 heteroatoms. The van der Waals surface area contributed by atoms with Gasteiger partial charge in [-0.3, -0.25) is 9.69 Å². The van der Waals surface area contributed by atoms with Crippen molar-refractivity contribution in [2.75, 3.05) is 31.1 Å². The van der Waals surface area contributed by atoms with Gasteiger partial charge in [0.2, 0.25) is 12.1 Å². The fraction of sp³-hybridized carbons (Fsp3) is 0.720. The summed E-state index contributed by atoms with van der Waals surface area (Å²) in [6.07, 6.45) is 2.61. The SMILES string of the molecule is CC(C)(/C(=N\C#N)NC1C2CC3CC1CC(C(=O)O)(C3)C2)N1CCN(c2nccc(C(F)(F)F)n2)CC1. The number of piperazine rings is 1. The summed E-state index contributed by atoms with van der Waals surface area (Å²) in [7, 11) is 0. The average Bonchev–Trinajstić information content (AvgIpc) is 2.84. The molecule has 0 aromatic carbocycles. The van der Waals surface area contributed by atoms with E-state index in [4.69, 9.17) is 0 Å². The Bertz CT molecular complexity index is 1110. The van der Waals surface area contributed by atoms with E-state index in [9.17, 15) is 28.3 Å². The van der Waals surface area contributed by atoms with E-state index >= 15 is 0 Å². The third-order valence-electron chi connectivity index (χ3n) is 9.06. The summed E-state index contributed by atoms with van der Waals surface area (Å²) in [4.78, 5) is 27.9. The molecule has 2 atom stereocenters. The second kappa shape index (κ2) is 9.11. The van der Waals surface area contributed by atoms with Crippen molar-refractivity contribution < 1.29 is 23.1 Å². The van der Waals surface area contributed by atoms with E-state index in [-0.39, 0.29) is 23.8 Å². The monoisotopic (exact) mass is 519 g/mol. The number of amidine groups is 1. The zero-order chi connectivity index (χ0) is 26.6. The van der Waals surface area contributed by atoms with Crippen LogP contribution in [0.3, 0.4) is 0 Å². The minimum atomic E-state index is -4.53. The molecule has 0 spiro atoms. The van der Waals surface area contributed by atoms with Gasteiger partial charge in [-0.1, -0.05) is 0 Å². The lowest BCUT2D eigenvalue weighted by atomic mass is 9.48. The molecule has 4 bridgehead atoms. The van der Waals surface area contributed by atoms with Crippen LogP contribution in [0.1, 0.15) is 51.6 Å². The molecule has 2 unspecified atom stereocenters. The lowest BCUT2D eigenvalue weighted by molar-refractivity contribution is -0.166. The number of carboxylic acid groups (broad SMARTS) is 1. The minimum absolute atomic E-state index is 0.0530. The van der Waals surface area contributed by atoms with Gasteiger partial charge in [0.1, 0.15) is 11.5 Å². The van der Waals surface area contributed by atoms with E-state index in [1.807, 2.05) is 20.0 Å². The van der Waals surface area contributed by atoms with Gasteiger partial charge >= 0.3 is 12.1 Å². The fourth-order valence-electron chi connectivity index (χ4n) is 7.35. The maximum atomic E-state index is 13.1. The zero-order valence-electron chi connectivity index (χ0n) is 21.0. The highest BCUT2D eigenvalue weighted by Crippen LogP contribution is 2.60. The first kappa shape index (κ1) is 25.7. The smallest absolute Gasteiger partial charge is 0.433 e. The van der Waals surface area contributed by atoms with Crippen LogP contribution in [0.2, 0.25) is 0 Å². The van der Waals surface area contributed by atoms with Gasteiger partial charge in [-0.25, -0.2) is 9.97 Å². The maximum Gasteiger partial charge on any atom is 0.433 e. The maximum absolute atomic E-state index is 13.1. The summed E-state index contributed by atoms with van der Waals surface area (Å²) < 4.78 is 39.3. The Morgan fingerprint density at radius 1 is 1.19 bits per heavy atom. The normalized spacial score (nSPS) is 32.3.